The zero-order valence-corrected chi connectivity index (χ0v) is 26.0. The van der Waals surface area contributed by atoms with Crippen molar-refractivity contribution in [2.45, 2.75) is 31.7 Å². The van der Waals surface area contributed by atoms with E-state index in [0.717, 1.165) is 21.2 Å². The number of carbonyl (C=O) groups excluding carboxylic acids is 4. The molecule has 2 atom stereocenters. The Kier molecular flexibility index (Phi) is 9.69. The van der Waals surface area contributed by atoms with Gasteiger partial charge in [0, 0.05) is 18.7 Å². The zero-order chi connectivity index (χ0) is 34.4. The molecule has 0 bridgehead atoms. The van der Waals surface area contributed by atoms with Crippen LogP contribution in [0.25, 0.3) is 10.8 Å². The molecule has 13 heteroatoms. The zero-order valence-electron chi connectivity index (χ0n) is 26.0. The molecule has 0 aliphatic carbocycles. The number of rotatable bonds is 12. The molecular formula is C35H34N6O7. The van der Waals surface area contributed by atoms with Crippen LogP contribution >= 0.6 is 0 Å². The molecule has 5 amide bonds. The Morgan fingerprint density at radius 2 is 1.58 bits per heavy atom. The number of carbonyl (C=O) groups is 5. The summed E-state index contributed by atoms with van der Waals surface area (Å²) in [7, 11) is 0. The van der Waals surface area contributed by atoms with E-state index in [1.165, 1.54) is 4.90 Å². The van der Waals surface area contributed by atoms with Gasteiger partial charge in [-0.25, -0.2) is 14.4 Å². The van der Waals surface area contributed by atoms with E-state index in [9.17, 15) is 29.1 Å². The number of nitrogen functional groups attached to an aromatic ring is 1. The van der Waals surface area contributed by atoms with Crippen LogP contribution in [0.15, 0.2) is 97.1 Å². The van der Waals surface area contributed by atoms with Crippen LogP contribution in [-0.4, -0.2) is 69.8 Å². The van der Waals surface area contributed by atoms with Gasteiger partial charge in [-0.3, -0.25) is 19.9 Å². The van der Waals surface area contributed by atoms with E-state index in [0.29, 0.717) is 16.7 Å². The molecule has 4 aromatic carbocycles. The molecule has 4 aromatic rings. The molecule has 1 aliphatic rings. The number of aliphatic carboxylic acids is 1. The fraction of sp³-hybridized carbons (Fsp3) is 0.200. The van der Waals surface area contributed by atoms with Crippen molar-refractivity contribution in [3.8, 4) is 0 Å². The Morgan fingerprint density at radius 3 is 2.25 bits per heavy atom. The van der Waals surface area contributed by atoms with Crippen molar-refractivity contribution >= 4 is 46.5 Å². The number of amides is 5. The largest absolute Gasteiger partial charge is 0.480 e. The second-order valence-corrected chi connectivity index (χ2v) is 11.4. The van der Waals surface area contributed by atoms with Crippen molar-refractivity contribution in [2.24, 2.45) is 5.73 Å². The Morgan fingerprint density at radius 1 is 0.917 bits per heavy atom. The second-order valence-electron chi connectivity index (χ2n) is 11.4. The van der Waals surface area contributed by atoms with E-state index in [-0.39, 0.29) is 19.0 Å². The van der Waals surface area contributed by atoms with Crippen molar-refractivity contribution in [1.82, 2.24) is 20.4 Å². The number of fused-ring (bicyclic) bond motifs is 1. The molecule has 0 saturated carbocycles. The number of urea groups is 1. The normalized spacial score (nSPS) is 16.4. The minimum atomic E-state index is -1.54. The molecule has 5 rings (SSSR count). The van der Waals surface area contributed by atoms with Gasteiger partial charge in [0.1, 0.15) is 30.6 Å². The van der Waals surface area contributed by atoms with Gasteiger partial charge in [0.15, 0.2) is 0 Å². The highest BCUT2D eigenvalue weighted by atomic mass is 16.5. The van der Waals surface area contributed by atoms with Gasteiger partial charge in [-0.2, -0.15) is 0 Å². The molecular weight excluding hydrogens is 616 g/mol. The summed E-state index contributed by atoms with van der Waals surface area (Å²) in [6.45, 7) is 0.304. The number of carboxylic acids is 1. The van der Waals surface area contributed by atoms with Crippen molar-refractivity contribution in [3.05, 3.63) is 119 Å². The summed E-state index contributed by atoms with van der Waals surface area (Å²) in [6.07, 6.45) is -0.999. The van der Waals surface area contributed by atoms with Crippen LogP contribution in [0.3, 0.4) is 0 Å². The van der Waals surface area contributed by atoms with Crippen LogP contribution in [0, 0.1) is 5.41 Å². The van der Waals surface area contributed by atoms with Gasteiger partial charge in [-0.1, -0.05) is 91.0 Å². The number of nitrogens with zero attached hydrogens (tertiary/aromatic N) is 2. The Balaban J connectivity index is 1.31. The lowest BCUT2D eigenvalue weighted by Gasteiger charge is -2.32. The highest BCUT2D eigenvalue weighted by Crippen LogP contribution is 2.38. The summed E-state index contributed by atoms with van der Waals surface area (Å²) < 4.78 is 5.07. The summed E-state index contributed by atoms with van der Waals surface area (Å²) in [6, 6.07) is 26.3. The Labute approximate surface area is 275 Å². The first-order valence-corrected chi connectivity index (χ1v) is 15.0. The topological polar surface area (TPSA) is 195 Å². The lowest BCUT2D eigenvalue weighted by molar-refractivity contribution is -0.140. The van der Waals surface area contributed by atoms with Crippen molar-refractivity contribution in [1.29, 1.82) is 5.41 Å². The second kappa shape index (κ2) is 14.0. The average molecular weight is 651 g/mol. The molecule has 1 aliphatic heterocycles. The summed E-state index contributed by atoms with van der Waals surface area (Å²) in [5, 5.41) is 23.9. The first kappa shape index (κ1) is 33.1. The van der Waals surface area contributed by atoms with Crippen LogP contribution in [0.1, 0.15) is 29.2 Å². The standard InChI is InChI=1S/C35H34N6O7/c1-35(27-15-13-25(14-16-27)30(36)37)32(45)40(34(47)41(35)19-23-11-12-24-9-5-6-10-26(24)17-23)20-29(42)38-18-28(31(43)44)39-33(46)48-21-22-7-3-2-4-8-22/h2-17,28H,18-21H2,1H3,(H3,36,37)(H,38,42)(H,39,46)(H,43,44)/t28-,35?/m1/s1. The molecule has 48 heavy (non-hydrogen) atoms. The number of ether oxygens (including phenoxy) is 1. The van der Waals surface area contributed by atoms with E-state index < -0.39 is 54.6 Å². The third-order valence-corrected chi connectivity index (χ3v) is 8.18. The van der Waals surface area contributed by atoms with E-state index in [4.69, 9.17) is 15.9 Å². The molecule has 1 unspecified atom stereocenters. The van der Waals surface area contributed by atoms with Gasteiger partial charge in [-0.05, 0) is 40.5 Å². The van der Waals surface area contributed by atoms with E-state index in [1.54, 1.807) is 61.5 Å². The van der Waals surface area contributed by atoms with Crippen LogP contribution in [0.4, 0.5) is 9.59 Å². The molecule has 1 fully saturated rings. The quantitative estimate of drug-likeness (QED) is 0.0875. The highest BCUT2D eigenvalue weighted by Gasteiger charge is 2.55. The SMILES string of the molecule is CC1(c2ccc(C(=N)N)cc2)C(=O)N(CC(=O)NC[C@@H](NC(=O)OCc2ccccc2)C(=O)O)C(=O)N1Cc1ccc2ccccc2c1. The monoisotopic (exact) mass is 650 g/mol. The first-order chi connectivity index (χ1) is 23.0. The number of nitrogens with one attached hydrogen (secondary N) is 3. The molecule has 6 N–H and O–H groups in total. The van der Waals surface area contributed by atoms with Crippen molar-refractivity contribution in [2.75, 3.05) is 13.1 Å². The van der Waals surface area contributed by atoms with Crippen molar-refractivity contribution < 1.29 is 33.8 Å². The molecule has 246 valence electrons. The van der Waals surface area contributed by atoms with Gasteiger partial charge in [0.05, 0.1) is 0 Å². The summed E-state index contributed by atoms with van der Waals surface area (Å²) in [5.74, 6) is -3.07. The van der Waals surface area contributed by atoms with Crippen LogP contribution in [0.2, 0.25) is 0 Å². The Hall–Kier alpha value is -6.24. The number of amidine groups is 1. The maximum absolute atomic E-state index is 14.0. The number of carboxylic acid groups (broad SMARTS) is 1. The third-order valence-electron chi connectivity index (χ3n) is 8.18. The van der Waals surface area contributed by atoms with Crippen LogP contribution in [0.5, 0.6) is 0 Å². The summed E-state index contributed by atoms with van der Waals surface area (Å²) >= 11 is 0. The molecule has 0 spiro atoms. The summed E-state index contributed by atoms with van der Waals surface area (Å²) in [5.41, 5.74) is 6.41. The maximum atomic E-state index is 14.0. The highest BCUT2D eigenvalue weighted by molar-refractivity contribution is 6.09. The minimum Gasteiger partial charge on any atom is -0.480 e. The number of alkyl carbamates (subject to hydrolysis) is 1. The van der Waals surface area contributed by atoms with Gasteiger partial charge < -0.3 is 31.1 Å². The number of hydrogen-bond acceptors (Lipinski definition) is 7. The lowest BCUT2D eigenvalue weighted by atomic mass is 9.89. The first-order valence-electron chi connectivity index (χ1n) is 15.0. The molecule has 1 heterocycles. The number of imide groups is 1. The molecule has 0 radical (unpaired) electrons. The fourth-order valence-electron chi connectivity index (χ4n) is 5.46. The number of nitrogens with two attached hydrogens (primary N) is 1. The van der Waals surface area contributed by atoms with Gasteiger partial charge >= 0.3 is 18.1 Å². The average Bonchev–Trinajstić information content (AvgIpc) is 3.26. The number of hydrogen-bond donors (Lipinski definition) is 5. The minimum absolute atomic E-state index is 0.0363. The smallest absolute Gasteiger partial charge is 0.408 e. The van der Waals surface area contributed by atoms with E-state index in [2.05, 4.69) is 10.6 Å². The predicted octanol–water partition coefficient (Wildman–Crippen LogP) is 3.30. The number of benzene rings is 4. The van der Waals surface area contributed by atoms with Crippen LogP contribution < -0.4 is 16.4 Å². The van der Waals surface area contributed by atoms with E-state index >= 15 is 0 Å². The molecule has 0 aromatic heterocycles. The maximum Gasteiger partial charge on any atom is 0.408 e. The third kappa shape index (κ3) is 7.09. The van der Waals surface area contributed by atoms with E-state index in [1.807, 2.05) is 42.5 Å². The molecule has 13 nitrogen and oxygen atoms in total. The van der Waals surface area contributed by atoms with Crippen molar-refractivity contribution in [3.63, 3.8) is 0 Å². The molecule has 1 saturated heterocycles. The summed E-state index contributed by atoms with van der Waals surface area (Å²) in [4.78, 5) is 67.2. The predicted molar refractivity (Wildman–Crippen MR) is 176 cm³/mol. The van der Waals surface area contributed by atoms with Gasteiger partial charge in [-0.15, -0.1) is 0 Å². The van der Waals surface area contributed by atoms with Gasteiger partial charge in [0.2, 0.25) is 5.91 Å². The lowest BCUT2D eigenvalue weighted by Crippen LogP contribution is -2.50. The Bertz CT molecular complexity index is 1880. The van der Waals surface area contributed by atoms with Gasteiger partial charge in [0.25, 0.3) is 5.91 Å². The fourth-order valence-corrected chi connectivity index (χ4v) is 5.46. The van der Waals surface area contributed by atoms with Crippen LogP contribution in [-0.2, 0) is 37.8 Å².